The number of aryl methyl sites for hydroxylation is 4. The SMILES string of the molecule is Cc1c(C)c(C)c2c(c1C)C1=Nc3c4c(C)c(C)c(C)c(C)c4c4n3C35N1C2N=c1c2c(C)c(C)c(C)c(C)c2c(n13)=NC1c2c(C)c(C)c(C)c(C)c2C(=N4)N15. The normalized spacial score (nSPS) is 21.1. The summed E-state index contributed by atoms with van der Waals surface area (Å²) in [7, 11) is 0. The highest BCUT2D eigenvalue weighted by molar-refractivity contribution is 6.17. The van der Waals surface area contributed by atoms with Gasteiger partial charge in [-0.2, -0.15) is 0 Å². The number of amidine groups is 2. The molecule has 8 nitrogen and oxygen atoms in total. The van der Waals surface area contributed by atoms with E-state index in [9.17, 15) is 0 Å². The number of rotatable bonds is 0. The Bertz CT molecular complexity index is 3110. The highest BCUT2D eigenvalue weighted by Crippen LogP contribution is 2.63. The predicted molar refractivity (Wildman–Crippen MR) is 230 cm³/mol. The Labute approximate surface area is 334 Å². The van der Waals surface area contributed by atoms with Crippen LogP contribution in [0.15, 0.2) is 20.0 Å². The molecule has 6 aromatic rings. The Balaban J connectivity index is 1.44. The van der Waals surface area contributed by atoms with Gasteiger partial charge in [0.05, 0.1) is 0 Å². The van der Waals surface area contributed by atoms with E-state index in [1.54, 1.807) is 0 Å². The number of hydrogen-bond acceptors (Lipinski definition) is 6. The van der Waals surface area contributed by atoms with Crippen molar-refractivity contribution in [2.75, 3.05) is 0 Å². The summed E-state index contributed by atoms with van der Waals surface area (Å²) >= 11 is 0. The van der Waals surface area contributed by atoms with Gasteiger partial charge in [-0.3, -0.25) is 9.80 Å². The molecule has 0 radical (unpaired) electrons. The van der Waals surface area contributed by atoms with Crippen molar-refractivity contribution in [3.8, 4) is 0 Å². The number of hydrogen-bond donors (Lipinski definition) is 0. The molecule has 0 fully saturated rings. The van der Waals surface area contributed by atoms with Gasteiger partial charge < -0.3 is 0 Å². The van der Waals surface area contributed by atoms with Crippen LogP contribution in [0.5, 0.6) is 0 Å². The Morgan fingerprint density at radius 1 is 0.351 bits per heavy atom. The van der Waals surface area contributed by atoms with E-state index in [-0.39, 0.29) is 12.3 Å². The highest BCUT2D eigenvalue weighted by Gasteiger charge is 2.68. The molecule has 0 bridgehead atoms. The van der Waals surface area contributed by atoms with Crippen LogP contribution in [0.2, 0.25) is 0 Å². The fraction of sp³-hybridized carbons (Fsp3) is 0.388. The molecule has 0 N–H and O–H groups in total. The van der Waals surface area contributed by atoms with Gasteiger partial charge in [0.15, 0.2) is 12.3 Å². The lowest BCUT2D eigenvalue weighted by atomic mass is 9.89. The van der Waals surface area contributed by atoms with Crippen LogP contribution in [0.3, 0.4) is 0 Å². The molecule has 12 rings (SSSR count). The molecule has 0 aliphatic carbocycles. The van der Waals surface area contributed by atoms with Crippen molar-refractivity contribution in [1.82, 2.24) is 18.9 Å². The van der Waals surface area contributed by atoms with Crippen LogP contribution >= 0.6 is 0 Å². The van der Waals surface area contributed by atoms with Gasteiger partial charge in [0.25, 0.3) is 5.91 Å². The third-order valence-electron chi connectivity index (χ3n) is 16.7. The van der Waals surface area contributed by atoms with Gasteiger partial charge in [0.2, 0.25) is 0 Å². The fourth-order valence-electron chi connectivity index (χ4n) is 12.2. The number of aromatic nitrogens is 2. The largest absolute Gasteiger partial charge is 0.298 e. The summed E-state index contributed by atoms with van der Waals surface area (Å²) in [5.74, 6) is 3.01. The average molecular weight is 751 g/mol. The number of benzene rings is 4. The lowest BCUT2D eigenvalue weighted by molar-refractivity contribution is -0.130. The Kier molecular flexibility index (Phi) is 5.77. The molecule has 6 aliphatic heterocycles. The first kappa shape index (κ1) is 33.6. The maximum atomic E-state index is 5.98. The van der Waals surface area contributed by atoms with Gasteiger partial charge in [0.1, 0.15) is 34.3 Å². The first-order chi connectivity index (χ1) is 27.0. The number of aliphatic imine (C=N–C) groups is 2. The zero-order valence-corrected chi connectivity index (χ0v) is 36.2. The van der Waals surface area contributed by atoms with Crippen molar-refractivity contribution < 1.29 is 0 Å². The van der Waals surface area contributed by atoms with Crippen molar-refractivity contribution in [3.63, 3.8) is 0 Å². The van der Waals surface area contributed by atoms with Crippen molar-refractivity contribution in [2.24, 2.45) is 20.0 Å². The topological polar surface area (TPSA) is 65.8 Å². The molecule has 4 aromatic carbocycles. The molecule has 2 atom stereocenters. The molecule has 8 heteroatoms. The summed E-state index contributed by atoms with van der Waals surface area (Å²) in [4.78, 5) is 29.0. The molecule has 2 aromatic heterocycles. The van der Waals surface area contributed by atoms with Crippen LogP contribution in [-0.4, -0.2) is 30.6 Å². The lowest BCUT2D eigenvalue weighted by Crippen LogP contribution is -2.75. The molecule has 6 aliphatic rings. The molecule has 286 valence electrons. The quantitative estimate of drug-likeness (QED) is 0.155. The van der Waals surface area contributed by atoms with Crippen LogP contribution in [-0.2, 0) is 5.91 Å². The summed E-state index contributed by atoms with van der Waals surface area (Å²) in [6.45, 7) is 36.7. The first-order valence-electron chi connectivity index (χ1n) is 20.7. The molecular formula is C49H50N8. The molecule has 0 saturated heterocycles. The summed E-state index contributed by atoms with van der Waals surface area (Å²) in [6, 6.07) is 0. The number of fused-ring (bicyclic) bond motifs is 12. The van der Waals surface area contributed by atoms with Gasteiger partial charge in [-0.15, -0.1) is 0 Å². The molecule has 8 heterocycles. The van der Waals surface area contributed by atoms with Crippen molar-refractivity contribution >= 4 is 44.9 Å². The Morgan fingerprint density at radius 2 is 0.667 bits per heavy atom. The van der Waals surface area contributed by atoms with Crippen molar-refractivity contribution in [1.29, 1.82) is 0 Å². The molecule has 0 saturated carbocycles. The highest BCUT2D eigenvalue weighted by atomic mass is 15.8. The van der Waals surface area contributed by atoms with Gasteiger partial charge in [-0.05, 0) is 200 Å². The van der Waals surface area contributed by atoms with Gasteiger partial charge >= 0.3 is 0 Å². The minimum atomic E-state index is -0.957. The van der Waals surface area contributed by atoms with Crippen LogP contribution in [0, 0.1) is 111 Å². The van der Waals surface area contributed by atoms with Crippen LogP contribution in [0.1, 0.15) is 124 Å². The molecule has 0 amide bonds. The van der Waals surface area contributed by atoms with E-state index < -0.39 is 5.91 Å². The Morgan fingerprint density at radius 3 is 1.04 bits per heavy atom. The minimum absolute atomic E-state index is 0.304. The summed E-state index contributed by atoms with van der Waals surface area (Å²) in [6.07, 6.45) is -0.609. The second-order valence-corrected chi connectivity index (χ2v) is 18.3. The monoisotopic (exact) mass is 750 g/mol. The van der Waals surface area contributed by atoms with Crippen LogP contribution in [0.4, 0.5) is 11.6 Å². The minimum Gasteiger partial charge on any atom is -0.269 e. The van der Waals surface area contributed by atoms with E-state index in [2.05, 4.69) is 130 Å². The summed E-state index contributed by atoms with van der Waals surface area (Å²) < 4.78 is 5.07. The Hall–Kier alpha value is -5.50. The average Bonchev–Trinajstić information content (AvgIpc) is 3.92. The van der Waals surface area contributed by atoms with E-state index in [0.29, 0.717) is 0 Å². The molecule has 57 heavy (non-hydrogen) atoms. The third-order valence-corrected chi connectivity index (χ3v) is 16.7. The van der Waals surface area contributed by atoms with Gasteiger partial charge in [0, 0.05) is 43.8 Å². The number of nitrogens with zero attached hydrogens (tertiary/aromatic N) is 8. The van der Waals surface area contributed by atoms with Gasteiger partial charge in [-0.25, -0.2) is 29.1 Å². The smallest absolute Gasteiger partial charge is 0.269 e. The van der Waals surface area contributed by atoms with Crippen LogP contribution < -0.4 is 11.0 Å². The van der Waals surface area contributed by atoms with Crippen molar-refractivity contribution in [3.05, 3.63) is 122 Å². The molecule has 1 spiro atoms. The maximum Gasteiger partial charge on any atom is 0.298 e. The third kappa shape index (κ3) is 3.14. The molecule has 2 unspecified atom stereocenters. The van der Waals surface area contributed by atoms with Crippen molar-refractivity contribution in [2.45, 2.75) is 129 Å². The van der Waals surface area contributed by atoms with E-state index in [1.807, 2.05) is 0 Å². The fourth-order valence-corrected chi connectivity index (χ4v) is 12.2. The van der Waals surface area contributed by atoms with Gasteiger partial charge in [-0.1, -0.05) is 0 Å². The zero-order chi connectivity index (χ0) is 40.1. The maximum absolute atomic E-state index is 5.98. The van der Waals surface area contributed by atoms with E-state index >= 15 is 0 Å². The summed E-state index contributed by atoms with van der Waals surface area (Å²) in [5, 5.41) is 4.84. The second kappa shape index (κ2) is 9.78. The zero-order valence-electron chi connectivity index (χ0n) is 36.2. The lowest BCUT2D eigenvalue weighted by Gasteiger charge is -2.58. The first-order valence-corrected chi connectivity index (χ1v) is 20.7. The van der Waals surface area contributed by atoms with Crippen LogP contribution in [0.25, 0.3) is 21.5 Å². The standard InChI is InChI=1S/C49H50N8/c1-17-18(2)26(10)34-33(25(17)9)41-50-43-35-27(11)19(3)20(4)28(12)36(35)45-52-47-39-31(15)23(7)24(8)32(16)40(39)48-53-46-38-30(14)22(6)21(5)29(13)37(38)44-51-42(34)54(41)49(55(43)45,56(44)46)57(47)48/h41,47H,1-16H3. The molecular weight excluding hydrogens is 701 g/mol. The summed E-state index contributed by atoms with van der Waals surface area (Å²) in [5.41, 5.74) is 27.9. The van der Waals surface area contributed by atoms with E-state index in [0.717, 1.165) is 34.3 Å². The van der Waals surface area contributed by atoms with E-state index in [1.165, 1.54) is 133 Å². The van der Waals surface area contributed by atoms with E-state index in [4.69, 9.17) is 20.0 Å². The second-order valence-electron chi connectivity index (χ2n) is 18.3. The predicted octanol–water partition coefficient (Wildman–Crippen LogP) is 9.73.